The van der Waals surface area contributed by atoms with Gasteiger partial charge in [-0.15, -0.1) is 0 Å². The van der Waals surface area contributed by atoms with E-state index in [1.165, 1.54) is 0 Å². The molecule has 0 amide bonds. The minimum absolute atomic E-state index is 0.306. The summed E-state index contributed by atoms with van der Waals surface area (Å²) in [6, 6.07) is 0. The lowest BCUT2D eigenvalue weighted by atomic mass is 9.88. The Morgan fingerprint density at radius 2 is 2.13 bits per heavy atom. The summed E-state index contributed by atoms with van der Waals surface area (Å²) in [6.07, 6.45) is 4.96. The highest BCUT2D eigenvalue weighted by Crippen LogP contribution is 2.29. The first-order valence-corrected chi connectivity index (χ1v) is 5.63. The molecule has 1 aliphatic rings. The van der Waals surface area contributed by atoms with Crippen LogP contribution in [0.2, 0.25) is 0 Å². The Kier molecular flexibility index (Phi) is 3.14. The first kappa shape index (κ1) is 10.3. The maximum absolute atomic E-state index is 11.1. The number of aromatic nitrogens is 2. The minimum Gasteiger partial charge on any atom is -0.339 e. The van der Waals surface area contributed by atoms with Crippen LogP contribution in [0.3, 0.4) is 0 Å². The summed E-state index contributed by atoms with van der Waals surface area (Å²) in [7, 11) is 0. The molecular weight excluding hydrogens is 192 g/mol. The van der Waals surface area contributed by atoms with Crippen molar-refractivity contribution in [3.8, 4) is 0 Å². The summed E-state index contributed by atoms with van der Waals surface area (Å²) in [6.45, 7) is 2.09. The summed E-state index contributed by atoms with van der Waals surface area (Å²) in [5, 5.41) is 3.93. The Hall–Kier alpha value is -1.19. The van der Waals surface area contributed by atoms with Crippen molar-refractivity contribution in [3.05, 3.63) is 11.7 Å². The van der Waals surface area contributed by atoms with Crippen molar-refractivity contribution in [1.82, 2.24) is 10.1 Å². The Balaban J connectivity index is 1.99. The van der Waals surface area contributed by atoms with E-state index in [1.54, 1.807) is 0 Å². The van der Waals surface area contributed by atoms with E-state index < -0.39 is 0 Å². The van der Waals surface area contributed by atoms with Gasteiger partial charge in [0.05, 0.1) is 0 Å². The van der Waals surface area contributed by atoms with Gasteiger partial charge < -0.3 is 4.52 Å². The van der Waals surface area contributed by atoms with Gasteiger partial charge in [-0.1, -0.05) is 12.1 Å². The number of aryl methyl sites for hydroxylation is 1. The lowest BCUT2D eigenvalue weighted by Crippen LogP contribution is -2.12. The summed E-state index contributed by atoms with van der Waals surface area (Å²) in [5.41, 5.74) is 0. The molecular formula is C11H16N2O2. The van der Waals surface area contributed by atoms with Crippen LogP contribution in [0, 0.1) is 0 Å². The molecule has 82 valence electrons. The highest BCUT2D eigenvalue weighted by atomic mass is 16.5. The lowest BCUT2D eigenvalue weighted by Gasteiger charge is -2.16. The topological polar surface area (TPSA) is 56.0 Å². The second kappa shape index (κ2) is 4.55. The fraction of sp³-hybridized carbons (Fsp3) is 0.727. The van der Waals surface area contributed by atoms with E-state index in [1.807, 2.05) is 0 Å². The van der Waals surface area contributed by atoms with Crippen molar-refractivity contribution in [3.63, 3.8) is 0 Å². The van der Waals surface area contributed by atoms with E-state index in [2.05, 4.69) is 17.1 Å². The molecule has 1 fully saturated rings. The maximum Gasteiger partial charge on any atom is 0.229 e. The monoisotopic (exact) mass is 208 g/mol. The highest BCUT2D eigenvalue weighted by Gasteiger charge is 2.24. The van der Waals surface area contributed by atoms with Gasteiger partial charge in [0.15, 0.2) is 5.82 Å². The number of carbonyl (C=O) groups excluding carboxylic acids is 1. The number of carbonyl (C=O) groups is 1. The van der Waals surface area contributed by atoms with Gasteiger partial charge in [-0.25, -0.2) is 0 Å². The first-order valence-electron chi connectivity index (χ1n) is 5.63. The number of rotatable bonds is 3. The Morgan fingerprint density at radius 3 is 2.80 bits per heavy atom. The van der Waals surface area contributed by atoms with Crippen molar-refractivity contribution in [2.75, 3.05) is 0 Å². The average Bonchev–Trinajstić information content (AvgIpc) is 2.68. The predicted molar refractivity (Wildman–Crippen MR) is 54.5 cm³/mol. The quantitative estimate of drug-likeness (QED) is 0.764. The van der Waals surface area contributed by atoms with Crippen LogP contribution in [0.1, 0.15) is 56.7 Å². The standard InChI is InChI=1S/C11H16N2O2/c1-2-3-10-12-11(15-13-10)8-4-6-9(14)7-5-8/h8H,2-7H2,1H3. The molecule has 0 radical (unpaired) electrons. The number of nitrogens with zero attached hydrogens (tertiary/aromatic N) is 2. The van der Waals surface area contributed by atoms with Crippen LogP contribution in [0.15, 0.2) is 4.52 Å². The van der Waals surface area contributed by atoms with Crippen LogP contribution in [0.5, 0.6) is 0 Å². The van der Waals surface area contributed by atoms with Crippen LogP contribution in [-0.2, 0) is 11.2 Å². The highest BCUT2D eigenvalue weighted by molar-refractivity contribution is 5.79. The molecule has 0 atom stereocenters. The zero-order valence-electron chi connectivity index (χ0n) is 9.03. The molecule has 1 aliphatic carbocycles. The minimum atomic E-state index is 0.306. The molecule has 4 heteroatoms. The average molecular weight is 208 g/mol. The summed E-state index contributed by atoms with van der Waals surface area (Å²) >= 11 is 0. The molecule has 0 aromatic carbocycles. The number of Topliss-reactive ketones (excluding diaryl/α,β-unsaturated/α-hetero) is 1. The van der Waals surface area contributed by atoms with E-state index in [-0.39, 0.29) is 0 Å². The Labute approximate surface area is 89.1 Å². The Bertz CT molecular complexity index is 336. The summed E-state index contributed by atoms with van der Waals surface area (Å²) in [4.78, 5) is 15.4. The molecule has 0 N–H and O–H groups in total. The van der Waals surface area contributed by atoms with Gasteiger partial charge >= 0.3 is 0 Å². The van der Waals surface area contributed by atoms with Crippen molar-refractivity contribution in [2.24, 2.45) is 0 Å². The second-order valence-corrected chi connectivity index (χ2v) is 4.11. The molecule has 15 heavy (non-hydrogen) atoms. The lowest BCUT2D eigenvalue weighted by molar-refractivity contribution is -0.120. The third-order valence-electron chi connectivity index (χ3n) is 2.85. The van der Waals surface area contributed by atoms with Gasteiger partial charge in [-0.2, -0.15) is 4.98 Å². The van der Waals surface area contributed by atoms with Gasteiger partial charge in [0.2, 0.25) is 5.89 Å². The van der Waals surface area contributed by atoms with Gasteiger partial charge in [0, 0.05) is 25.2 Å². The smallest absolute Gasteiger partial charge is 0.229 e. The molecule has 0 spiro atoms. The zero-order valence-corrected chi connectivity index (χ0v) is 9.03. The van der Waals surface area contributed by atoms with Crippen LogP contribution in [0.4, 0.5) is 0 Å². The van der Waals surface area contributed by atoms with Gasteiger partial charge in [-0.3, -0.25) is 4.79 Å². The number of hydrogen-bond acceptors (Lipinski definition) is 4. The predicted octanol–water partition coefficient (Wildman–Crippen LogP) is 2.25. The van der Waals surface area contributed by atoms with E-state index in [0.29, 0.717) is 24.5 Å². The molecule has 0 aliphatic heterocycles. The van der Waals surface area contributed by atoms with Crippen molar-refractivity contribution >= 4 is 5.78 Å². The van der Waals surface area contributed by atoms with Gasteiger partial charge in [-0.05, 0) is 19.3 Å². The molecule has 0 unspecified atom stereocenters. The molecule has 1 aromatic rings. The normalized spacial score (nSPS) is 18.3. The van der Waals surface area contributed by atoms with Crippen molar-refractivity contribution in [1.29, 1.82) is 0 Å². The SMILES string of the molecule is CCCc1noc(C2CCC(=O)CC2)n1. The molecule has 1 heterocycles. The van der Waals surface area contributed by atoms with E-state index in [0.717, 1.165) is 37.4 Å². The second-order valence-electron chi connectivity index (χ2n) is 4.11. The van der Waals surface area contributed by atoms with Gasteiger partial charge in [0.25, 0.3) is 0 Å². The first-order chi connectivity index (χ1) is 7.29. The molecule has 1 aromatic heterocycles. The number of ketones is 1. The van der Waals surface area contributed by atoms with Crippen LogP contribution < -0.4 is 0 Å². The van der Waals surface area contributed by atoms with Crippen LogP contribution >= 0.6 is 0 Å². The molecule has 4 nitrogen and oxygen atoms in total. The van der Waals surface area contributed by atoms with Crippen LogP contribution in [-0.4, -0.2) is 15.9 Å². The van der Waals surface area contributed by atoms with E-state index in [4.69, 9.17) is 4.52 Å². The zero-order chi connectivity index (χ0) is 10.7. The fourth-order valence-electron chi connectivity index (χ4n) is 1.95. The largest absolute Gasteiger partial charge is 0.339 e. The van der Waals surface area contributed by atoms with Crippen molar-refractivity contribution in [2.45, 2.75) is 51.4 Å². The third-order valence-corrected chi connectivity index (χ3v) is 2.85. The van der Waals surface area contributed by atoms with Gasteiger partial charge in [0.1, 0.15) is 5.78 Å². The summed E-state index contributed by atoms with van der Waals surface area (Å²) in [5.74, 6) is 2.19. The van der Waals surface area contributed by atoms with Crippen LogP contribution in [0.25, 0.3) is 0 Å². The molecule has 0 bridgehead atoms. The number of hydrogen-bond donors (Lipinski definition) is 0. The molecule has 0 saturated heterocycles. The molecule has 1 saturated carbocycles. The fourth-order valence-corrected chi connectivity index (χ4v) is 1.95. The molecule has 2 rings (SSSR count). The van der Waals surface area contributed by atoms with E-state index >= 15 is 0 Å². The third kappa shape index (κ3) is 2.43. The van der Waals surface area contributed by atoms with Crippen molar-refractivity contribution < 1.29 is 9.32 Å². The Morgan fingerprint density at radius 1 is 1.40 bits per heavy atom. The van der Waals surface area contributed by atoms with E-state index in [9.17, 15) is 4.79 Å². The summed E-state index contributed by atoms with van der Waals surface area (Å²) < 4.78 is 5.22. The maximum atomic E-state index is 11.1.